The summed E-state index contributed by atoms with van der Waals surface area (Å²) in [6, 6.07) is 19.0. The van der Waals surface area contributed by atoms with E-state index in [2.05, 4.69) is 9.98 Å². The summed E-state index contributed by atoms with van der Waals surface area (Å²) in [4.78, 5) is 33.6. The van der Waals surface area contributed by atoms with E-state index in [1.54, 1.807) is 60.7 Å². The van der Waals surface area contributed by atoms with Crippen LogP contribution in [0.5, 0.6) is 0 Å². The van der Waals surface area contributed by atoms with Crippen LogP contribution in [0.2, 0.25) is 0 Å². The Morgan fingerprint density at radius 3 is 1.32 bits per heavy atom. The van der Waals surface area contributed by atoms with Crippen molar-refractivity contribution in [2.45, 2.75) is 13.8 Å². The van der Waals surface area contributed by atoms with Gasteiger partial charge in [0.05, 0.1) is 28.6 Å². The van der Waals surface area contributed by atoms with Crippen LogP contribution in [0, 0.1) is 10.4 Å². The standard InChI is InChI=1S/C24H22N4O6/c1-15(29)23(25-17-9-5-3-6-10-17)19-13-20(22(28(33)34)14-21(19)27(31)32)24(16(2)30)26-18-11-7-4-8-12-18/h3-14,27-28,31,33H,1-2H3. The third-order valence-corrected chi connectivity index (χ3v) is 4.79. The molecule has 2 unspecified atom stereocenters. The Balaban J connectivity index is 2.36. The molecule has 0 spiro atoms. The summed E-state index contributed by atoms with van der Waals surface area (Å²) >= 11 is 0. The monoisotopic (exact) mass is 462 g/mol. The highest BCUT2D eigenvalue weighted by molar-refractivity contribution is 6.49. The van der Waals surface area contributed by atoms with Crippen LogP contribution in [0.1, 0.15) is 25.0 Å². The fourth-order valence-corrected chi connectivity index (χ4v) is 3.27. The van der Waals surface area contributed by atoms with E-state index in [1.165, 1.54) is 19.9 Å². The lowest BCUT2D eigenvalue weighted by molar-refractivity contribution is -0.996. The fraction of sp³-hybridized carbons (Fsp3) is 0.0833. The molecule has 3 rings (SSSR count). The van der Waals surface area contributed by atoms with E-state index >= 15 is 0 Å². The number of hydrogen-bond donors (Lipinski definition) is 4. The molecule has 0 saturated heterocycles. The SMILES string of the molecule is CC(=O)C(=Nc1ccccc1)c1cc(C(=Nc2ccccc2)C(C)=O)c([NH+]([O-])O)cc1[NH+]([O-])O. The van der Waals surface area contributed by atoms with E-state index in [9.17, 15) is 30.4 Å². The average Bonchev–Trinajstić information content (AvgIpc) is 2.81. The zero-order chi connectivity index (χ0) is 24.8. The first-order valence-electron chi connectivity index (χ1n) is 10.1. The van der Waals surface area contributed by atoms with E-state index in [0.717, 1.165) is 6.07 Å². The van der Waals surface area contributed by atoms with Crippen molar-refractivity contribution < 1.29 is 30.5 Å². The number of rotatable bonds is 8. The van der Waals surface area contributed by atoms with E-state index in [4.69, 9.17) is 0 Å². The first kappa shape index (κ1) is 24.7. The van der Waals surface area contributed by atoms with E-state index in [0.29, 0.717) is 11.4 Å². The van der Waals surface area contributed by atoms with Gasteiger partial charge in [-0.1, -0.05) is 36.4 Å². The molecule has 2 atom stereocenters. The molecule has 10 heteroatoms. The van der Waals surface area contributed by atoms with E-state index < -0.39 is 33.4 Å². The minimum Gasteiger partial charge on any atom is -0.595 e. The number of para-hydroxylation sites is 2. The van der Waals surface area contributed by atoms with Crippen LogP contribution in [-0.4, -0.2) is 33.4 Å². The molecule has 0 aromatic heterocycles. The predicted octanol–water partition coefficient (Wildman–Crippen LogP) is 1.91. The van der Waals surface area contributed by atoms with Crippen molar-refractivity contribution in [3.8, 4) is 0 Å². The number of Topliss-reactive ketones (excluding diaryl/α,β-unsaturated/α-hetero) is 2. The van der Waals surface area contributed by atoms with Gasteiger partial charge in [0, 0.05) is 13.8 Å². The molecule has 0 bridgehead atoms. The van der Waals surface area contributed by atoms with Crippen molar-refractivity contribution in [3.05, 3.63) is 94.3 Å². The first-order chi connectivity index (χ1) is 16.2. The van der Waals surface area contributed by atoms with Gasteiger partial charge in [0.15, 0.2) is 22.9 Å². The number of aliphatic imine (C=N–C) groups is 2. The second-order valence-electron chi connectivity index (χ2n) is 7.26. The maximum Gasteiger partial charge on any atom is 0.179 e. The number of carbonyl (C=O) groups excluding carboxylic acids is 2. The molecule has 174 valence electrons. The molecular weight excluding hydrogens is 440 g/mol. The van der Waals surface area contributed by atoms with Gasteiger partial charge in [0.2, 0.25) is 0 Å². The predicted molar refractivity (Wildman–Crippen MR) is 125 cm³/mol. The number of ketones is 2. The second kappa shape index (κ2) is 10.8. The van der Waals surface area contributed by atoms with Gasteiger partial charge in [-0.3, -0.25) is 9.59 Å². The number of hydrogen-bond acceptors (Lipinski definition) is 8. The molecule has 0 radical (unpaired) electrons. The zero-order valence-corrected chi connectivity index (χ0v) is 18.4. The quantitative estimate of drug-likeness (QED) is 0.296. The van der Waals surface area contributed by atoms with Gasteiger partial charge in [-0.2, -0.15) is 10.5 Å². The first-order valence-corrected chi connectivity index (χ1v) is 10.1. The Morgan fingerprint density at radius 1 is 0.676 bits per heavy atom. The largest absolute Gasteiger partial charge is 0.595 e. The Morgan fingerprint density at radius 2 is 1.03 bits per heavy atom. The van der Waals surface area contributed by atoms with Crippen LogP contribution in [0.25, 0.3) is 0 Å². The fourth-order valence-electron chi connectivity index (χ4n) is 3.27. The molecule has 3 aromatic rings. The van der Waals surface area contributed by atoms with Crippen LogP contribution >= 0.6 is 0 Å². The molecule has 10 nitrogen and oxygen atoms in total. The van der Waals surface area contributed by atoms with Gasteiger partial charge in [-0.15, -0.1) is 0 Å². The molecule has 0 amide bonds. The molecule has 0 fully saturated rings. The van der Waals surface area contributed by atoms with Gasteiger partial charge >= 0.3 is 0 Å². The molecule has 0 aliphatic heterocycles. The van der Waals surface area contributed by atoms with Gasteiger partial charge < -0.3 is 10.4 Å². The van der Waals surface area contributed by atoms with Crippen LogP contribution in [0.15, 0.2) is 82.8 Å². The number of nitrogens with zero attached hydrogens (tertiary/aromatic N) is 2. The zero-order valence-electron chi connectivity index (χ0n) is 18.4. The maximum absolute atomic E-state index is 12.5. The number of benzene rings is 3. The number of nitrogens with one attached hydrogen (secondary N) is 2. The molecule has 0 aliphatic rings. The Hall–Kier alpha value is -3.90. The van der Waals surface area contributed by atoms with Crippen LogP contribution < -0.4 is 10.5 Å². The van der Waals surface area contributed by atoms with Gasteiger partial charge in [0.1, 0.15) is 11.4 Å². The number of quaternary nitrogens is 2. The molecule has 0 heterocycles. The molecule has 0 aliphatic carbocycles. The van der Waals surface area contributed by atoms with Gasteiger partial charge in [-0.05, 0) is 30.3 Å². The van der Waals surface area contributed by atoms with Gasteiger partial charge in [0.25, 0.3) is 0 Å². The van der Waals surface area contributed by atoms with Crippen molar-refractivity contribution in [2.75, 3.05) is 0 Å². The summed E-state index contributed by atoms with van der Waals surface area (Å²) in [5, 5.41) is 40.7. The molecule has 0 saturated carbocycles. The van der Waals surface area contributed by atoms with Crippen LogP contribution in [0.4, 0.5) is 22.7 Å². The summed E-state index contributed by atoms with van der Waals surface area (Å²) < 4.78 is 0. The summed E-state index contributed by atoms with van der Waals surface area (Å²) in [6.07, 6.45) is 0. The lowest BCUT2D eigenvalue weighted by atomic mass is 9.96. The van der Waals surface area contributed by atoms with Crippen LogP contribution in [0.3, 0.4) is 0 Å². The van der Waals surface area contributed by atoms with E-state index in [-0.39, 0.29) is 22.6 Å². The summed E-state index contributed by atoms with van der Waals surface area (Å²) in [5.41, 5.74) is -0.692. The Labute approximate surface area is 194 Å². The third kappa shape index (κ3) is 5.71. The third-order valence-electron chi connectivity index (χ3n) is 4.79. The molecular formula is C24H22N4O6. The minimum atomic E-state index is -1.45. The van der Waals surface area contributed by atoms with Crippen molar-refractivity contribution in [1.82, 2.24) is 0 Å². The lowest BCUT2D eigenvalue weighted by Gasteiger charge is -2.21. The van der Waals surface area contributed by atoms with Crippen molar-refractivity contribution in [1.29, 1.82) is 0 Å². The van der Waals surface area contributed by atoms with Crippen molar-refractivity contribution in [3.63, 3.8) is 0 Å². The van der Waals surface area contributed by atoms with Gasteiger partial charge in [-0.25, -0.2) is 20.4 Å². The van der Waals surface area contributed by atoms with Crippen molar-refractivity contribution in [2.24, 2.45) is 9.98 Å². The Bertz CT molecular complexity index is 1160. The smallest absolute Gasteiger partial charge is 0.179 e. The average molecular weight is 462 g/mol. The molecule has 34 heavy (non-hydrogen) atoms. The van der Waals surface area contributed by atoms with E-state index in [1.807, 2.05) is 0 Å². The normalized spacial score (nSPS) is 13.9. The number of carbonyl (C=O) groups is 2. The summed E-state index contributed by atoms with van der Waals surface area (Å²) in [5.74, 6) is -1.07. The maximum atomic E-state index is 12.5. The van der Waals surface area contributed by atoms with Crippen molar-refractivity contribution >= 4 is 45.7 Å². The van der Waals surface area contributed by atoms with Crippen LogP contribution in [-0.2, 0) is 9.59 Å². The second-order valence-corrected chi connectivity index (χ2v) is 7.26. The Kier molecular flexibility index (Phi) is 7.87. The summed E-state index contributed by atoms with van der Waals surface area (Å²) in [6.45, 7) is 2.45. The highest BCUT2D eigenvalue weighted by Gasteiger charge is 2.28. The topological polar surface area (TPSA) is 154 Å². The summed E-state index contributed by atoms with van der Waals surface area (Å²) in [7, 11) is 0. The highest BCUT2D eigenvalue weighted by atomic mass is 16.8. The minimum absolute atomic E-state index is 0.120. The molecule has 3 aromatic carbocycles. The lowest BCUT2D eigenvalue weighted by Crippen LogP contribution is -3.01. The highest BCUT2D eigenvalue weighted by Crippen LogP contribution is 2.26. The molecule has 4 N–H and O–H groups in total.